The number of para-hydroxylation sites is 1. The number of hydrogen-bond donors (Lipinski definition) is 1. The van der Waals surface area contributed by atoms with Gasteiger partial charge in [0.15, 0.2) is 0 Å². The molecule has 3 nitrogen and oxygen atoms in total. The Labute approximate surface area is 125 Å². The van der Waals surface area contributed by atoms with Crippen LogP contribution in [0.4, 0.5) is 8.78 Å². The summed E-state index contributed by atoms with van der Waals surface area (Å²) < 4.78 is 29.9. The lowest BCUT2D eigenvalue weighted by molar-refractivity contribution is -0.0513. The topological polar surface area (TPSA) is 24.5 Å². The zero-order chi connectivity index (χ0) is 15.1. The molecular formula is C16H24F2N2O. The standard InChI is InChI=1S/C16H24F2N2O/c1-2-3-7-14(20-11-9-19-10-12-20)13-6-4-5-8-15(13)21-16(17)18/h4-6,8,14,16,19H,2-3,7,9-12H2,1H3/t14-/m0/s1. The number of nitrogens with one attached hydrogen (secondary N) is 1. The third-order valence-electron chi connectivity index (χ3n) is 3.92. The van der Waals surface area contributed by atoms with Crippen LogP contribution in [0, 0.1) is 0 Å². The number of hydrogen-bond acceptors (Lipinski definition) is 3. The van der Waals surface area contributed by atoms with Gasteiger partial charge in [0, 0.05) is 37.8 Å². The second-order valence-electron chi connectivity index (χ2n) is 5.36. The van der Waals surface area contributed by atoms with E-state index in [9.17, 15) is 8.78 Å². The third kappa shape index (κ3) is 4.64. The summed E-state index contributed by atoms with van der Waals surface area (Å²) in [5, 5.41) is 3.33. The second-order valence-corrected chi connectivity index (χ2v) is 5.36. The van der Waals surface area contributed by atoms with Gasteiger partial charge in [-0.05, 0) is 12.5 Å². The monoisotopic (exact) mass is 298 g/mol. The third-order valence-corrected chi connectivity index (χ3v) is 3.92. The summed E-state index contributed by atoms with van der Waals surface area (Å²) in [6.07, 6.45) is 3.15. The lowest BCUT2D eigenvalue weighted by atomic mass is 9.98. The highest BCUT2D eigenvalue weighted by atomic mass is 19.3. The fourth-order valence-corrected chi connectivity index (χ4v) is 2.89. The molecule has 1 aromatic rings. The number of benzene rings is 1. The summed E-state index contributed by atoms with van der Waals surface area (Å²) in [4.78, 5) is 2.37. The molecule has 1 atom stereocenters. The number of piperazine rings is 1. The Kier molecular flexibility index (Phi) is 6.39. The summed E-state index contributed by atoms with van der Waals surface area (Å²) in [5.74, 6) is 0.312. The predicted octanol–water partition coefficient (Wildman–Crippen LogP) is 3.42. The summed E-state index contributed by atoms with van der Waals surface area (Å²) in [5.41, 5.74) is 0.883. The molecule has 118 valence electrons. The molecule has 0 bridgehead atoms. The molecule has 1 saturated heterocycles. The van der Waals surface area contributed by atoms with E-state index < -0.39 is 6.61 Å². The summed E-state index contributed by atoms with van der Waals surface area (Å²) in [6, 6.07) is 7.36. The van der Waals surface area contributed by atoms with Gasteiger partial charge < -0.3 is 10.1 Å². The van der Waals surface area contributed by atoms with E-state index >= 15 is 0 Å². The quantitative estimate of drug-likeness (QED) is 0.834. The maximum Gasteiger partial charge on any atom is 0.387 e. The van der Waals surface area contributed by atoms with Crippen LogP contribution >= 0.6 is 0 Å². The van der Waals surface area contributed by atoms with Crippen molar-refractivity contribution in [2.45, 2.75) is 38.8 Å². The molecular weight excluding hydrogens is 274 g/mol. The first-order chi connectivity index (χ1) is 10.2. The lowest BCUT2D eigenvalue weighted by Crippen LogP contribution is -2.45. The molecule has 21 heavy (non-hydrogen) atoms. The van der Waals surface area contributed by atoms with Crippen LogP contribution in [0.25, 0.3) is 0 Å². The number of alkyl halides is 2. The smallest absolute Gasteiger partial charge is 0.387 e. The normalized spacial score (nSPS) is 17.9. The van der Waals surface area contributed by atoms with Crippen LogP contribution in [-0.2, 0) is 0 Å². The van der Waals surface area contributed by atoms with Gasteiger partial charge in [-0.2, -0.15) is 8.78 Å². The van der Waals surface area contributed by atoms with Crippen molar-refractivity contribution in [3.05, 3.63) is 29.8 Å². The van der Waals surface area contributed by atoms with Crippen LogP contribution in [-0.4, -0.2) is 37.7 Å². The summed E-state index contributed by atoms with van der Waals surface area (Å²) in [6.45, 7) is 3.15. The van der Waals surface area contributed by atoms with Crippen molar-refractivity contribution in [2.24, 2.45) is 0 Å². The lowest BCUT2D eigenvalue weighted by Gasteiger charge is -2.36. The molecule has 0 spiro atoms. The van der Waals surface area contributed by atoms with Gasteiger partial charge in [-0.1, -0.05) is 38.0 Å². The van der Waals surface area contributed by atoms with Crippen molar-refractivity contribution in [1.29, 1.82) is 0 Å². The van der Waals surface area contributed by atoms with Crippen LogP contribution in [0.1, 0.15) is 37.8 Å². The van der Waals surface area contributed by atoms with Gasteiger partial charge in [0.1, 0.15) is 5.75 Å². The summed E-state index contributed by atoms with van der Waals surface area (Å²) in [7, 11) is 0. The molecule has 0 amide bonds. The van der Waals surface area contributed by atoms with E-state index in [2.05, 4.69) is 17.1 Å². The maximum absolute atomic E-state index is 12.6. The summed E-state index contributed by atoms with van der Waals surface area (Å²) >= 11 is 0. The Hall–Kier alpha value is -1.20. The first-order valence-electron chi connectivity index (χ1n) is 7.71. The Balaban J connectivity index is 2.22. The second kappa shape index (κ2) is 8.29. The minimum absolute atomic E-state index is 0.155. The molecule has 0 aliphatic carbocycles. The molecule has 0 aromatic heterocycles. The fraction of sp³-hybridized carbons (Fsp3) is 0.625. The van der Waals surface area contributed by atoms with Crippen molar-refractivity contribution in [3.63, 3.8) is 0 Å². The van der Waals surface area contributed by atoms with Crippen LogP contribution in [0.5, 0.6) is 5.75 Å². The highest BCUT2D eigenvalue weighted by Gasteiger charge is 2.25. The first-order valence-corrected chi connectivity index (χ1v) is 7.71. The van der Waals surface area contributed by atoms with Crippen molar-refractivity contribution < 1.29 is 13.5 Å². The zero-order valence-electron chi connectivity index (χ0n) is 12.5. The number of ether oxygens (including phenoxy) is 1. The van der Waals surface area contributed by atoms with E-state index in [0.29, 0.717) is 5.75 Å². The highest BCUT2D eigenvalue weighted by Crippen LogP contribution is 2.34. The van der Waals surface area contributed by atoms with Gasteiger partial charge in [-0.3, -0.25) is 4.90 Å². The van der Waals surface area contributed by atoms with Gasteiger partial charge in [-0.15, -0.1) is 0 Å². The Morgan fingerprint density at radius 2 is 1.95 bits per heavy atom. The van der Waals surface area contributed by atoms with Crippen LogP contribution in [0.15, 0.2) is 24.3 Å². The highest BCUT2D eigenvalue weighted by molar-refractivity contribution is 5.36. The van der Waals surface area contributed by atoms with Crippen molar-refractivity contribution in [1.82, 2.24) is 10.2 Å². The predicted molar refractivity (Wildman–Crippen MR) is 79.8 cm³/mol. The molecule has 1 aliphatic heterocycles. The van der Waals surface area contributed by atoms with Crippen LogP contribution in [0.3, 0.4) is 0 Å². The van der Waals surface area contributed by atoms with Gasteiger partial charge >= 0.3 is 6.61 Å². The molecule has 1 aromatic carbocycles. The van der Waals surface area contributed by atoms with E-state index in [-0.39, 0.29) is 6.04 Å². The average molecular weight is 298 g/mol. The van der Waals surface area contributed by atoms with Crippen molar-refractivity contribution in [2.75, 3.05) is 26.2 Å². The molecule has 2 rings (SSSR count). The SMILES string of the molecule is CCCC[C@@H](c1ccccc1OC(F)F)N1CCNCC1. The fourth-order valence-electron chi connectivity index (χ4n) is 2.89. The zero-order valence-corrected chi connectivity index (χ0v) is 12.5. The molecule has 1 aliphatic rings. The molecule has 0 unspecified atom stereocenters. The number of rotatable bonds is 7. The minimum atomic E-state index is -2.78. The van der Waals surface area contributed by atoms with E-state index in [1.165, 1.54) is 0 Å². The van der Waals surface area contributed by atoms with Crippen molar-refractivity contribution in [3.8, 4) is 5.75 Å². The van der Waals surface area contributed by atoms with Gasteiger partial charge in [0.25, 0.3) is 0 Å². The van der Waals surface area contributed by atoms with E-state index in [1.807, 2.05) is 12.1 Å². The van der Waals surface area contributed by atoms with Gasteiger partial charge in [0.05, 0.1) is 0 Å². The average Bonchev–Trinajstić information content (AvgIpc) is 2.50. The molecule has 5 heteroatoms. The van der Waals surface area contributed by atoms with Crippen LogP contribution < -0.4 is 10.1 Å². The number of halogens is 2. The maximum atomic E-state index is 12.6. The Morgan fingerprint density at radius 3 is 2.62 bits per heavy atom. The van der Waals surface area contributed by atoms with Gasteiger partial charge in [-0.25, -0.2) is 0 Å². The largest absolute Gasteiger partial charge is 0.434 e. The van der Waals surface area contributed by atoms with E-state index in [1.54, 1.807) is 12.1 Å². The van der Waals surface area contributed by atoms with Crippen LogP contribution in [0.2, 0.25) is 0 Å². The number of unbranched alkanes of at least 4 members (excludes halogenated alkanes) is 1. The van der Waals surface area contributed by atoms with Crippen molar-refractivity contribution >= 4 is 0 Å². The van der Waals surface area contributed by atoms with E-state index in [0.717, 1.165) is 51.0 Å². The molecule has 1 N–H and O–H groups in total. The Bertz CT molecular complexity index is 422. The minimum Gasteiger partial charge on any atom is -0.434 e. The molecule has 1 fully saturated rings. The van der Waals surface area contributed by atoms with E-state index in [4.69, 9.17) is 4.74 Å². The Morgan fingerprint density at radius 1 is 1.24 bits per heavy atom. The number of nitrogens with zero attached hydrogens (tertiary/aromatic N) is 1. The van der Waals surface area contributed by atoms with Gasteiger partial charge in [0.2, 0.25) is 0 Å². The molecule has 0 saturated carbocycles. The first kappa shape index (κ1) is 16.2. The molecule has 0 radical (unpaired) electrons. The molecule has 1 heterocycles.